The van der Waals surface area contributed by atoms with Crippen molar-refractivity contribution in [3.8, 4) is 0 Å². The minimum absolute atomic E-state index is 0.229. The number of carbonyl (C=O) groups is 1. The molecule has 4 rings (SSSR count). The van der Waals surface area contributed by atoms with Gasteiger partial charge >= 0.3 is 0 Å². The van der Waals surface area contributed by atoms with Gasteiger partial charge in [-0.05, 0) is 23.4 Å². The molecule has 0 radical (unpaired) electrons. The summed E-state index contributed by atoms with van der Waals surface area (Å²) in [5, 5.41) is 2.13. The number of nitrogens with zero attached hydrogens (tertiary/aromatic N) is 2. The molecule has 120 valence electrons. The van der Waals surface area contributed by atoms with E-state index in [1.807, 2.05) is 11.9 Å². The Morgan fingerprint density at radius 2 is 2.04 bits per heavy atom. The molecule has 2 aromatic rings. The predicted octanol–water partition coefficient (Wildman–Crippen LogP) is 3.20. The monoisotopic (exact) mass is 326 g/mol. The third kappa shape index (κ3) is 2.50. The number of benzene rings is 1. The van der Waals surface area contributed by atoms with Gasteiger partial charge in [-0.1, -0.05) is 36.4 Å². The van der Waals surface area contributed by atoms with Crippen LogP contribution < -0.4 is 0 Å². The van der Waals surface area contributed by atoms with E-state index in [1.165, 1.54) is 10.4 Å². The summed E-state index contributed by atoms with van der Waals surface area (Å²) in [6, 6.07) is 14.9. The molecule has 1 aromatic heterocycles. The maximum atomic E-state index is 13.0. The molecule has 0 aliphatic carbocycles. The van der Waals surface area contributed by atoms with Crippen molar-refractivity contribution in [1.82, 2.24) is 9.80 Å². The van der Waals surface area contributed by atoms with Gasteiger partial charge in [0.15, 0.2) is 0 Å². The third-order valence-corrected chi connectivity index (χ3v) is 6.30. The van der Waals surface area contributed by atoms with Gasteiger partial charge in [-0.3, -0.25) is 9.69 Å². The van der Waals surface area contributed by atoms with Crippen LogP contribution in [-0.4, -0.2) is 42.4 Å². The first-order valence-corrected chi connectivity index (χ1v) is 9.12. The molecular formula is C19H22N2OS. The highest BCUT2D eigenvalue weighted by atomic mass is 32.1. The molecule has 2 atom stereocenters. The van der Waals surface area contributed by atoms with E-state index in [9.17, 15) is 4.79 Å². The van der Waals surface area contributed by atoms with Crippen molar-refractivity contribution >= 4 is 17.2 Å². The molecule has 23 heavy (non-hydrogen) atoms. The molecule has 2 aliphatic heterocycles. The molecule has 2 fully saturated rings. The molecule has 3 nitrogen and oxygen atoms in total. The Morgan fingerprint density at radius 3 is 2.70 bits per heavy atom. The fourth-order valence-electron chi connectivity index (χ4n) is 4.29. The van der Waals surface area contributed by atoms with E-state index in [-0.39, 0.29) is 5.41 Å². The molecule has 1 spiro atoms. The summed E-state index contributed by atoms with van der Waals surface area (Å²) >= 11 is 1.80. The van der Waals surface area contributed by atoms with Crippen molar-refractivity contribution in [2.45, 2.75) is 18.9 Å². The predicted molar refractivity (Wildman–Crippen MR) is 93.5 cm³/mol. The van der Waals surface area contributed by atoms with E-state index in [2.05, 4.69) is 52.7 Å². The van der Waals surface area contributed by atoms with Crippen LogP contribution in [0.25, 0.3) is 0 Å². The summed E-state index contributed by atoms with van der Waals surface area (Å²) in [6.45, 7) is 3.70. The van der Waals surface area contributed by atoms with E-state index in [1.54, 1.807) is 11.3 Å². The van der Waals surface area contributed by atoms with Crippen LogP contribution in [0.3, 0.4) is 0 Å². The Morgan fingerprint density at radius 1 is 1.22 bits per heavy atom. The molecule has 0 saturated carbocycles. The largest absolute Gasteiger partial charge is 0.345 e. The van der Waals surface area contributed by atoms with Crippen LogP contribution in [0.4, 0.5) is 0 Å². The number of carbonyl (C=O) groups excluding carboxylic acids is 1. The van der Waals surface area contributed by atoms with Crippen molar-refractivity contribution in [2.24, 2.45) is 5.41 Å². The highest BCUT2D eigenvalue weighted by Crippen LogP contribution is 2.49. The molecule has 3 heterocycles. The highest BCUT2D eigenvalue weighted by molar-refractivity contribution is 7.09. The molecule has 2 aliphatic rings. The normalized spacial score (nSPS) is 28.1. The zero-order chi connectivity index (χ0) is 15.9. The Hall–Kier alpha value is -1.65. The van der Waals surface area contributed by atoms with E-state index in [0.717, 1.165) is 32.6 Å². The molecule has 1 amide bonds. The molecule has 1 aromatic carbocycles. The quantitative estimate of drug-likeness (QED) is 0.865. The SMILES string of the molecule is CN1CC[C@]2(CN(Cc3cccs3)C[C@H]2c2ccccc2)C1=O. The standard InChI is InChI=1S/C19H22N2OS/c1-20-10-9-19(18(20)22)14-21(12-16-8-5-11-23-16)13-17(19)15-6-3-2-4-7-15/h2-8,11,17H,9-10,12-14H2,1H3/t17-,19+/m0/s1. The van der Waals surface area contributed by atoms with Gasteiger partial charge in [-0.25, -0.2) is 0 Å². The van der Waals surface area contributed by atoms with Crippen molar-refractivity contribution in [1.29, 1.82) is 0 Å². The van der Waals surface area contributed by atoms with Gasteiger partial charge in [0.2, 0.25) is 5.91 Å². The molecule has 0 unspecified atom stereocenters. The van der Waals surface area contributed by atoms with E-state index >= 15 is 0 Å². The highest BCUT2D eigenvalue weighted by Gasteiger charge is 2.56. The number of amides is 1. The summed E-state index contributed by atoms with van der Waals surface area (Å²) < 4.78 is 0. The minimum Gasteiger partial charge on any atom is -0.345 e. The van der Waals surface area contributed by atoms with Crippen molar-refractivity contribution in [3.63, 3.8) is 0 Å². The second kappa shape index (κ2) is 5.77. The first kappa shape index (κ1) is 14.9. The lowest BCUT2D eigenvalue weighted by Crippen LogP contribution is -2.38. The van der Waals surface area contributed by atoms with E-state index in [0.29, 0.717) is 11.8 Å². The van der Waals surface area contributed by atoms with Crippen LogP contribution in [0.15, 0.2) is 47.8 Å². The summed E-state index contributed by atoms with van der Waals surface area (Å²) in [4.78, 5) is 18.7. The lowest BCUT2D eigenvalue weighted by atomic mass is 9.73. The maximum Gasteiger partial charge on any atom is 0.230 e. The number of hydrogen-bond donors (Lipinski definition) is 0. The maximum absolute atomic E-state index is 13.0. The van der Waals surface area contributed by atoms with Crippen LogP contribution in [0.2, 0.25) is 0 Å². The smallest absolute Gasteiger partial charge is 0.230 e. The number of hydrogen-bond acceptors (Lipinski definition) is 3. The lowest BCUT2D eigenvalue weighted by molar-refractivity contribution is -0.135. The molecule has 0 N–H and O–H groups in total. The van der Waals surface area contributed by atoms with Gasteiger partial charge in [0.25, 0.3) is 0 Å². The average molecular weight is 326 g/mol. The van der Waals surface area contributed by atoms with Gasteiger partial charge in [0, 0.05) is 44.0 Å². The minimum atomic E-state index is -0.229. The second-order valence-corrected chi connectivity index (χ2v) is 7.88. The van der Waals surface area contributed by atoms with Crippen LogP contribution >= 0.6 is 11.3 Å². The number of rotatable bonds is 3. The van der Waals surface area contributed by atoms with Gasteiger partial charge in [-0.15, -0.1) is 11.3 Å². The molecule has 2 saturated heterocycles. The molecule has 0 bridgehead atoms. The fraction of sp³-hybridized carbons (Fsp3) is 0.421. The Balaban J connectivity index is 1.66. The summed E-state index contributed by atoms with van der Waals surface area (Å²) in [7, 11) is 1.95. The topological polar surface area (TPSA) is 23.6 Å². The first-order valence-electron chi connectivity index (χ1n) is 8.24. The second-order valence-electron chi connectivity index (χ2n) is 6.85. The zero-order valence-corrected chi connectivity index (χ0v) is 14.3. The van der Waals surface area contributed by atoms with Crippen molar-refractivity contribution < 1.29 is 4.79 Å². The van der Waals surface area contributed by atoms with Crippen molar-refractivity contribution in [3.05, 3.63) is 58.3 Å². The van der Waals surface area contributed by atoms with Crippen LogP contribution in [0, 0.1) is 5.41 Å². The van der Waals surface area contributed by atoms with Crippen LogP contribution in [-0.2, 0) is 11.3 Å². The van der Waals surface area contributed by atoms with Crippen LogP contribution in [0.5, 0.6) is 0 Å². The van der Waals surface area contributed by atoms with E-state index in [4.69, 9.17) is 0 Å². The summed E-state index contributed by atoms with van der Waals surface area (Å²) in [5.41, 5.74) is 1.08. The van der Waals surface area contributed by atoms with E-state index < -0.39 is 0 Å². The number of likely N-dealkylation sites (tertiary alicyclic amines) is 2. The van der Waals surface area contributed by atoms with Gasteiger partial charge in [0.05, 0.1) is 5.41 Å². The summed E-state index contributed by atoms with van der Waals surface area (Å²) in [6.07, 6.45) is 0.975. The van der Waals surface area contributed by atoms with Gasteiger partial charge < -0.3 is 4.90 Å². The molecular weight excluding hydrogens is 304 g/mol. The van der Waals surface area contributed by atoms with Gasteiger partial charge in [0.1, 0.15) is 0 Å². The Bertz CT molecular complexity index is 685. The molecule has 4 heteroatoms. The lowest BCUT2D eigenvalue weighted by Gasteiger charge is -2.28. The third-order valence-electron chi connectivity index (χ3n) is 5.44. The zero-order valence-electron chi connectivity index (χ0n) is 13.4. The fourth-order valence-corrected chi connectivity index (χ4v) is 5.03. The Kier molecular flexibility index (Phi) is 3.74. The Labute approximate surface area is 141 Å². The van der Waals surface area contributed by atoms with Crippen LogP contribution in [0.1, 0.15) is 22.8 Å². The first-order chi connectivity index (χ1) is 11.2. The van der Waals surface area contributed by atoms with Gasteiger partial charge in [-0.2, -0.15) is 0 Å². The summed E-state index contributed by atoms with van der Waals surface area (Å²) in [5.74, 6) is 0.640. The average Bonchev–Trinajstić information content (AvgIpc) is 3.27. The number of thiophene rings is 1. The van der Waals surface area contributed by atoms with Crippen molar-refractivity contribution in [2.75, 3.05) is 26.7 Å².